The predicted octanol–water partition coefficient (Wildman–Crippen LogP) is 2.04. The molecule has 1 aromatic heterocycles. The Balaban J connectivity index is 1.83. The third-order valence-corrected chi connectivity index (χ3v) is 3.42. The zero-order chi connectivity index (χ0) is 14.5. The van der Waals surface area contributed by atoms with E-state index in [1.807, 2.05) is 13.8 Å². The Bertz CT molecular complexity index is 586. The fraction of sp³-hybridized carbons (Fsp3) is 0.438. The van der Waals surface area contributed by atoms with Gasteiger partial charge in [0.2, 0.25) is 5.91 Å². The highest BCUT2D eigenvalue weighted by Gasteiger charge is 2.06. The van der Waals surface area contributed by atoms with Gasteiger partial charge < -0.3 is 15.2 Å². The molecule has 0 saturated carbocycles. The van der Waals surface area contributed by atoms with Crippen molar-refractivity contribution in [3.63, 3.8) is 0 Å². The van der Waals surface area contributed by atoms with Gasteiger partial charge in [-0.2, -0.15) is 0 Å². The number of rotatable bonds is 6. The standard InChI is InChI=1S/C16H23N3O/c1-12(2)16(20)18-9-8-17-10-13-11-19(3)15-7-5-4-6-14(13)15/h4-7,11-12,17H,8-10H2,1-3H3,(H,18,20). The van der Waals surface area contributed by atoms with E-state index in [1.165, 1.54) is 16.5 Å². The average Bonchev–Trinajstić information content (AvgIpc) is 2.75. The molecular weight excluding hydrogens is 250 g/mol. The van der Waals surface area contributed by atoms with E-state index in [1.54, 1.807) is 0 Å². The van der Waals surface area contributed by atoms with Crippen LogP contribution in [0.1, 0.15) is 19.4 Å². The van der Waals surface area contributed by atoms with Crippen LogP contribution in [0.15, 0.2) is 30.5 Å². The van der Waals surface area contributed by atoms with Crippen LogP contribution < -0.4 is 10.6 Å². The molecule has 0 unspecified atom stereocenters. The number of aryl methyl sites for hydroxylation is 1. The first-order valence-corrected chi connectivity index (χ1v) is 7.11. The number of nitrogens with one attached hydrogen (secondary N) is 2. The molecule has 4 heteroatoms. The maximum atomic E-state index is 11.4. The molecule has 1 heterocycles. The Morgan fingerprint density at radius 1 is 1.25 bits per heavy atom. The van der Waals surface area contributed by atoms with Crippen LogP contribution in [0.5, 0.6) is 0 Å². The van der Waals surface area contributed by atoms with Gasteiger partial charge in [-0.05, 0) is 11.6 Å². The molecule has 1 amide bonds. The molecule has 0 atom stereocenters. The van der Waals surface area contributed by atoms with Crippen molar-refractivity contribution in [3.8, 4) is 0 Å². The number of nitrogens with zero attached hydrogens (tertiary/aromatic N) is 1. The summed E-state index contributed by atoms with van der Waals surface area (Å²) in [6.45, 7) is 6.07. The minimum atomic E-state index is 0.0491. The fourth-order valence-corrected chi connectivity index (χ4v) is 2.27. The summed E-state index contributed by atoms with van der Waals surface area (Å²) in [7, 11) is 2.06. The second-order valence-corrected chi connectivity index (χ2v) is 5.40. The number of aromatic nitrogens is 1. The van der Waals surface area contributed by atoms with E-state index in [4.69, 9.17) is 0 Å². The summed E-state index contributed by atoms with van der Waals surface area (Å²) >= 11 is 0. The van der Waals surface area contributed by atoms with Crippen molar-refractivity contribution < 1.29 is 4.79 Å². The van der Waals surface area contributed by atoms with Crippen LogP contribution in [0, 0.1) is 5.92 Å². The maximum Gasteiger partial charge on any atom is 0.222 e. The van der Waals surface area contributed by atoms with E-state index in [-0.39, 0.29) is 11.8 Å². The molecule has 0 radical (unpaired) electrons. The lowest BCUT2D eigenvalue weighted by atomic mass is 10.2. The monoisotopic (exact) mass is 273 g/mol. The zero-order valence-corrected chi connectivity index (χ0v) is 12.4. The van der Waals surface area contributed by atoms with Crippen molar-refractivity contribution in [3.05, 3.63) is 36.0 Å². The molecule has 0 spiro atoms. The van der Waals surface area contributed by atoms with Crippen molar-refractivity contribution in [2.24, 2.45) is 13.0 Å². The highest BCUT2D eigenvalue weighted by Crippen LogP contribution is 2.19. The van der Waals surface area contributed by atoms with Crippen LogP contribution in [-0.4, -0.2) is 23.6 Å². The van der Waals surface area contributed by atoms with E-state index < -0.39 is 0 Å². The molecule has 2 rings (SSSR count). The van der Waals surface area contributed by atoms with Crippen LogP contribution in [0.4, 0.5) is 0 Å². The average molecular weight is 273 g/mol. The summed E-state index contributed by atoms with van der Waals surface area (Å²) in [5.41, 5.74) is 2.54. The Hall–Kier alpha value is -1.81. The van der Waals surface area contributed by atoms with Crippen molar-refractivity contribution in [1.82, 2.24) is 15.2 Å². The third-order valence-electron chi connectivity index (χ3n) is 3.42. The van der Waals surface area contributed by atoms with Crippen LogP contribution in [0.3, 0.4) is 0 Å². The second-order valence-electron chi connectivity index (χ2n) is 5.40. The predicted molar refractivity (Wildman–Crippen MR) is 82.5 cm³/mol. The van der Waals surface area contributed by atoms with Gasteiger partial charge in [-0.3, -0.25) is 4.79 Å². The second kappa shape index (κ2) is 6.57. The molecular formula is C16H23N3O. The van der Waals surface area contributed by atoms with E-state index in [9.17, 15) is 4.79 Å². The van der Waals surface area contributed by atoms with Crippen molar-refractivity contribution in [1.29, 1.82) is 0 Å². The number of hydrogen-bond donors (Lipinski definition) is 2. The number of fused-ring (bicyclic) bond motifs is 1. The molecule has 0 aliphatic heterocycles. The Labute approximate surface area is 120 Å². The fourth-order valence-electron chi connectivity index (χ4n) is 2.27. The lowest BCUT2D eigenvalue weighted by molar-refractivity contribution is -0.123. The van der Waals surface area contributed by atoms with Gasteiger partial charge in [-0.25, -0.2) is 0 Å². The molecule has 0 saturated heterocycles. The molecule has 20 heavy (non-hydrogen) atoms. The molecule has 0 aliphatic carbocycles. The van der Waals surface area contributed by atoms with Crippen molar-refractivity contribution in [2.45, 2.75) is 20.4 Å². The van der Waals surface area contributed by atoms with E-state index >= 15 is 0 Å². The minimum absolute atomic E-state index is 0.0491. The normalized spacial score (nSPS) is 11.2. The van der Waals surface area contributed by atoms with Gasteiger partial charge in [-0.15, -0.1) is 0 Å². The van der Waals surface area contributed by atoms with Gasteiger partial charge >= 0.3 is 0 Å². The van der Waals surface area contributed by atoms with Crippen molar-refractivity contribution in [2.75, 3.05) is 13.1 Å². The highest BCUT2D eigenvalue weighted by molar-refractivity contribution is 5.83. The first kappa shape index (κ1) is 14.6. The van der Waals surface area contributed by atoms with Crippen LogP contribution in [0.2, 0.25) is 0 Å². The van der Waals surface area contributed by atoms with Crippen LogP contribution >= 0.6 is 0 Å². The minimum Gasteiger partial charge on any atom is -0.355 e. The molecule has 1 aromatic carbocycles. The van der Waals surface area contributed by atoms with Crippen molar-refractivity contribution >= 4 is 16.8 Å². The summed E-state index contributed by atoms with van der Waals surface area (Å²) in [5.74, 6) is 0.157. The van der Waals surface area contributed by atoms with E-state index in [2.05, 4.69) is 52.7 Å². The first-order chi connectivity index (χ1) is 9.59. The number of para-hydroxylation sites is 1. The Morgan fingerprint density at radius 3 is 2.75 bits per heavy atom. The van der Waals surface area contributed by atoms with Crippen LogP contribution in [-0.2, 0) is 18.4 Å². The number of hydrogen-bond acceptors (Lipinski definition) is 2. The molecule has 0 fully saturated rings. The SMILES string of the molecule is CC(C)C(=O)NCCNCc1cn(C)c2ccccc12. The number of amides is 1. The Morgan fingerprint density at radius 2 is 2.00 bits per heavy atom. The molecule has 0 bridgehead atoms. The molecule has 0 aliphatic rings. The lowest BCUT2D eigenvalue weighted by Crippen LogP contribution is -2.34. The van der Waals surface area contributed by atoms with Gasteiger partial charge in [0, 0.05) is 49.7 Å². The third kappa shape index (κ3) is 3.39. The molecule has 4 nitrogen and oxygen atoms in total. The largest absolute Gasteiger partial charge is 0.355 e. The maximum absolute atomic E-state index is 11.4. The molecule has 108 valence electrons. The highest BCUT2D eigenvalue weighted by atomic mass is 16.1. The topological polar surface area (TPSA) is 46.1 Å². The first-order valence-electron chi connectivity index (χ1n) is 7.11. The van der Waals surface area contributed by atoms with Gasteiger partial charge in [0.25, 0.3) is 0 Å². The van der Waals surface area contributed by atoms with Crippen LogP contribution in [0.25, 0.3) is 10.9 Å². The number of carbonyl (C=O) groups is 1. The summed E-state index contributed by atoms with van der Waals surface area (Å²) in [6.07, 6.45) is 2.16. The lowest BCUT2D eigenvalue weighted by Gasteiger charge is -2.08. The van der Waals surface area contributed by atoms with Gasteiger partial charge in [0.1, 0.15) is 0 Å². The molecule has 2 aromatic rings. The smallest absolute Gasteiger partial charge is 0.222 e. The summed E-state index contributed by atoms with van der Waals surface area (Å²) < 4.78 is 2.15. The van der Waals surface area contributed by atoms with Gasteiger partial charge in [0.15, 0.2) is 0 Å². The summed E-state index contributed by atoms with van der Waals surface area (Å²) in [6, 6.07) is 8.39. The quantitative estimate of drug-likeness (QED) is 0.791. The Kier molecular flexibility index (Phi) is 4.79. The van der Waals surface area contributed by atoms with E-state index in [0.717, 1.165) is 13.1 Å². The van der Waals surface area contributed by atoms with E-state index in [0.29, 0.717) is 6.54 Å². The summed E-state index contributed by atoms with van der Waals surface area (Å²) in [4.78, 5) is 11.4. The summed E-state index contributed by atoms with van der Waals surface area (Å²) in [5, 5.41) is 7.56. The number of carbonyl (C=O) groups excluding carboxylic acids is 1. The van der Waals surface area contributed by atoms with Gasteiger partial charge in [0.05, 0.1) is 0 Å². The zero-order valence-electron chi connectivity index (χ0n) is 12.4. The molecule has 2 N–H and O–H groups in total. The number of benzene rings is 1. The van der Waals surface area contributed by atoms with Gasteiger partial charge in [-0.1, -0.05) is 32.0 Å².